The van der Waals surface area contributed by atoms with E-state index >= 15 is 0 Å². The highest BCUT2D eigenvalue weighted by Crippen LogP contribution is 2.18. The molecule has 0 radical (unpaired) electrons. The molecule has 0 saturated carbocycles. The molecule has 1 saturated heterocycles. The summed E-state index contributed by atoms with van der Waals surface area (Å²) in [6, 6.07) is 0. The Morgan fingerprint density at radius 3 is 3.12 bits per heavy atom. The molecule has 1 unspecified atom stereocenters. The molecule has 0 amide bonds. The van der Waals surface area contributed by atoms with Gasteiger partial charge in [-0.05, 0) is 6.42 Å². The molecule has 0 aromatic carbocycles. The highest BCUT2D eigenvalue weighted by molar-refractivity contribution is 5.38. The quantitative estimate of drug-likeness (QED) is 0.792. The number of ether oxygens (including phenoxy) is 1. The average Bonchev–Trinajstić information content (AvgIpc) is 2.78. The summed E-state index contributed by atoms with van der Waals surface area (Å²) in [5.74, 6) is 0.880. The lowest BCUT2D eigenvalue weighted by atomic mass is 10.3. The first kappa shape index (κ1) is 11.3. The standard InChI is InChI=1S/C11H17N3O2/c1-16-10-2-4-14(8-10)11-7-12-6-9(13-11)3-5-15/h6-7,10,15H,2-5,8H2,1H3. The van der Waals surface area contributed by atoms with Gasteiger partial charge in [0, 0.05) is 39.4 Å². The maximum atomic E-state index is 8.85. The number of aliphatic hydroxyl groups is 1. The van der Waals surface area contributed by atoms with Crippen molar-refractivity contribution >= 4 is 5.82 Å². The number of hydrogen-bond acceptors (Lipinski definition) is 5. The molecule has 1 aliphatic heterocycles. The van der Waals surface area contributed by atoms with E-state index < -0.39 is 0 Å². The van der Waals surface area contributed by atoms with Crippen molar-refractivity contribution in [3.63, 3.8) is 0 Å². The van der Waals surface area contributed by atoms with Gasteiger partial charge in [0.2, 0.25) is 0 Å². The third kappa shape index (κ3) is 2.48. The second kappa shape index (κ2) is 5.23. The smallest absolute Gasteiger partial charge is 0.147 e. The molecule has 1 fully saturated rings. The average molecular weight is 223 g/mol. The summed E-state index contributed by atoms with van der Waals surface area (Å²) in [7, 11) is 1.74. The zero-order valence-corrected chi connectivity index (χ0v) is 9.46. The Morgan fingerprint density at radius 2 is 2.44 bits per heavy atom. The lowest BCUT2D eigenvalue weighted by Gasteiger charge is -2.17. The Hall–Kier alpha value is -1.20. The van der Waals surface area contributed by atoms with Crippen molar-refractivity contribution in [2.24, 2.45) is 0 Å². The first-order chi connectivity index (χ1) is 7.83. The Balaban J connectivity index is 2.06. The SMILES string of the molecule is COC1CCN(c2cncc(CCO)n2)C1. The minimum Gasteiger partial charge on any atom is -0.396 e. The molecule has 5 nitrogen and oxygen atoms in total. The van der Waals surface area contributed by atoms with Gasteiger partial charge in [-0.2, -0.15) is 0 Å². The summed E-state index contributed by atoms with van der Waals surface area (Å²) >= 11 is 0. The highest BCUT2D eigenvalue weighted by atomic mass is 16.5. The molecular weight excluding hydrogens is 206 g/mol. The van der Waals surface area contributed by atoms with Gasteiger partial charge in [-0.3, -0.25) is 4.98 Å². The number of hydrogen-bond donors (Lipinski definition) is 1. The van der Waals surface area contributed by atoms with Crippen LogP contribution in [0.25, 0.3) is 0 Å². The van der Waals surface area contributed by atoms with E-state index in [1.165, 1.54) is 0 Å². The van der Waals surface area contributed by atoms with E-state index in [1.807, 2.05) is 0 Å². The van der Waals surface area contributed by atoms with Crippen molar-refractivity contribution in [3.8, 4) is 0 Å². The number of anilines is 1. The minimum atomic E-state index is 0.110. The van der Waals surface area contributed by atoms with Crippen LogP contribution < -0.4 is 4.90 Å². The molecule has 16 heavy (non-hydrogen) atoms. The molecule has 1 atom stereocenters. The van der Waals surface area contributed by atoms with Crippen molar-refractivity contribution in [1.29, 1.82) is 0 Å². The van der Waals surface area contributed by atoms with Crippen LogP contribution in [0.15, 0.2) is 12.4 Å². The van der Waals surface area contributed by atoms with Crippen molar-refractivity contribution in [2.75, 3.05) is 31.7 Å². The second-order valence-electron chi connectivity index (χ2n) is 3.93. The van der Waals surface area contributed by atoms with Gasteiger partial charge >= 0.3 is 0 Å². The van der Waals surface area contributed by atoms with Crippen LogP contribution in [0, 0.1) is 0 Å². The lowest BCUT2D eigenvalue weighted by Crippen LogP contribution is -2.23. The molecule has 1 aromatic rings. The number of methoxy groups -OCH3 is 1. The minimum absolute atomic E-state index is 0.110. The highest BCUT2D eigenvalue weighted by Gasteiger charge is 2.23. The van der Waals surface area contributed by atoms with E-state index in [0.717, 1.165) is 31.0 Å². The second-order valence-corrected chi connectivity index (χ2v) is 3.93. The molecule has 1 aromatic heterocycles. The third-order valence-corrected chi connectivity index (χ3v) is 2.84. The van der Waals surface area contributed by atoms with Gasteiger partial charge in [0.25, 0.3) is 0 Å². The Labute approximate surface area is 95.1 Å². The lowest BCUT2D eigenvalue weighted by molar-refractivity contribution is 0.121. The van der Waals surface area contributed by atoms with Gasteiger partial charge < -0.3 is 14.7 Å². The zero-order chi connectivity index (χ0) is 11.4. The first-order valence-corrected chi connectivity index (χ1v) is 5.53. The molecule has 2 heterocycles. The molecule has 0 bridgehead atoms. The molecule has 0 aliphatic carbocycles. The Morgan fingerprint density at radius 1 is 1.56 bits per heavy atom. The van der Waals surface area contributed by atoms with Crippen LogP contribution >= 0.6 is 0 Å². The molecular formula is C11H17N3O2. The maximum Gasteiger partial charge on any atom is 0.147 e. The van der Waals surface area contributed by atoms with E-state index in [9.17, 15) is 0 Å². The van der Waals surface area contributed by atoms with Crippen LogP contribution in [0.4, 0.5) is 5.82 Å². The number of nitrogens with zero attached hydrogens (tertiary/aromatic N) is 3. The summed E-state index contributed by atoms with van der Waals surface area (Å²) in [5.41, 5.74) is 0.834. The molecule has 2 rings (SSSR count). The number of aromatic nitrogens is 2. The van der Waals surface area contributed by atoms with Gasteiger partial charge in [0.05, 0.1) is 18.0 Å². The molecule has 5 heteroatoms. The van der Waals surface area contributed by atoms with Crippen LogP contribution in [-0.2, 0) is 11.2 Å². The monoisotopic (exact) mass is 223 g/mol. The normalized spacial score (nSPS) is 20.4. The van der Waals surface area contributed by atoms with Crippen LogP contribution in [0.5, 0.6) is 0 Å². The fourth-order valence-electron chi connectivity index (χ4n) is 1.91. The largest absolute Gasteiger partial charge is 0.396 e. The van der Waals surface area contributed by atoms with Crippen molar-refractivity contribution in [2.45, 2.75) is 18.9 Å². The maximum absolute atomic E-state index is 8.85. The predicted octanol–water partition coefficient (Wildman–Crippen LogP) is 0.236. The molecule has 1 aliphatic rings. The third-order valence-electron chi connectivity index (χ3n) is 2.84. The summed E-state index contributed by atoms with van der Waals surface area (Å²) in [6.45, 7) is 1.93. The van der Waals surface area contributed by atoms with E-state index in [1.54, 1.807) is 19.5 Å². The fourth-order valence-corrected chi connectivity index (χ4v) is 1.91. The van der Waals surface area contributed by atoms with Crippen molar-refractivity contribution in [3.05, 3.63) is 18.1 Å². The predicted molar refractivity (Wildman–Crippen MR) is 60.4 cm³/mol. The van der Waals surface area contributed by atoms with E-state index in [2.05, 4.69) is 14.9 Å². The van der Waals surface area contributed by atoms with Crippen LogP contribution in [0.1, 0.15) is 12.1 Å². The Kier molecular flexibility index (Phi) is 3.69. The summed E-state index contributed by atoms with van der Waals surface area (Å²) in [6.07, 6.45) is 5.34. The fraction of sp³-hybridized carbons (Fsp3) is 0.636. The molecule has 0 spiro atoms. The Bertz CT molecular complexity index is 346. The summed E-state index contributed by atoms with van der Waals surface area (Å²) in [5, 5.41) is 8.85. The summed E-state index contributed by atoms with van der Waals surface area (Å²) < 4.78 is 5.31. The first-order valence-electron chi connectivity index (χ1n) is 5.53. The topological polar surface area (TPSA) is 58.5 Å². The van der Waals surface area contributed by atoms with Gasteiger partial charge in [-0.25, -0.2) is 4.98 Å². The van der Waals surface area contributed by atoms with Crippen LogP contribution in [-0.4, -0.2) is 48.0 Å². The van der Waals surface area contributed by atoms with Gasteiger partial charge in [-0.1, -0.05) is 0 Å². The van der Waals surface area contributed by atoms with Crippen LogP contribution in [0.3, 0.4) is 0 Å². The van der Waals surface area contributed by atoms with E-state index in [0.29, 0.717) is 12.5 Å². The van der Waals surface area contributed by atoms with Crippen molar-refractivity contribution < 1.29 is 9.84 Å². The zero-order valence-electron chi connectivity index (χ0n) is 9.46. The van der Waals surface area contributed by atoms with Gasteiger partial charge in [0.15, 0.2) is 0 Å². The van der Waals surface area contributed by atoms with Gasteiger partial charge in [-0.15, -0.1) is 0 Å². The van der Waals surface area contributed by atoms with Gasteiger partial charge in [0.1, 0.15) is 5.82 Å². The van der Waals surface area contributed by atoms with Crippen LogP contribution in [0.2, 0.25) is 0 Å². The van der Waals surface area contributed by atoms with E-state index in [4.69, 9.17) is 9.84 Å². The number of rotatable bonds is 4. The molecule has 88 valence electrons. The van der Waals surface area contributed by atoms with E-state index in [-0.39, 0.29) is 6.61 Å². The van der Waals surface area contributed by atoms with Crippen molar-refractivity contribution in [1.82, 2.24) is 9.97 Å². The molecule has 1 N–H and O–H groups in total. The summed E-state index contributed by atoms with van der Waals surface area (Å²) in [4.78, 5) is 10.8. The number of aliphatic hydroxyl groups excluding tert-OH is 1.